The molecule has 1 heterocycles. The van der Waals surface area contributed by atoms with Crippen LogP contribution in [0.3, 0.4) is 0 Å². The molecule has 0 saturated carbocycles. The highest BCUT2D eigenvalue weighted by molar-refractivity contribution is 7.11. The highest BCUT2D eigenvalue weighted by Crippen LogP contribution is 2.18. The number of rotatable bonds is 7. The molecule has 1 aromatic carbocycles. The first-order valence-corrected chi connectivity index (χ1v) is 9.03. The van der Waals surface area contributed by atoms with Gasteiger partial charge in [0.15, 0.2) is 0 Å². The molecule has 0 fully saturated rings. The van der Waals surface area contributed by atoms with Crippen molar-refractivity contribution in [1.29, 1.82) is 0 Å². The SMILES string of the molecule is CCc1nc(CCNC(=O)NCC(O)c2ccccc2C)sc1C. The van der Waals surface area contributed by atoms with Crippen molar-refractivity contribution < 1.29 is 9.90 Å². The summed E-state index contributed by atoms with van der Waals surface area (Å²) in [5, 5.41) is 16.7. The molecule has 2 amide bonds. The van der Waals surface area contributed by atoms with Crippen LogP contribution in [0, 0.1) is 13.8 Å². The van der Waals surface area contributed by atoms with Gasteiger partial charge in [-0.1, -0.05) is 31.2 Å². The maximum absolute atomic E-state index is 11.8. The molecule has 1 aromatic heterocycles. The predicted molar refractivity (Wildman–Crippen MR) is 97.5 cm³/mol. The summed E-state index contributed by atoms with van der Waals surface area (Å²) in [4.78, 5) is 17.6. The van der Waals surface area contributed by atoms with Crippen LogP contribution in [0.4, 0.5) is 4.79 Å². The number of nitrogens with one attached hydrogen (secondary N) is 2. The summed E-state index contributed by atoms with van der Waals surface area (Å²) in [6, 6.07) is 7.35. The number of aliphatic hydroxyl groups excluding tert-OH is 1. The van der Waals surface area contributed by atoms with E-state index in [4.69, 9.17) is 0 Å². The Morgan fingerprint density at radius 1 is 1.29 bits per heavy atom. The van der Waals surface area contributed by atoms with Gasteiger partial charge < -0.3 is 15.7 Å². The van der Waals surface area contributed by atoms with Gasteiger partial charge in [-0.2, -0.15) is 0 Å². The third-order valence-corrected chi connectivity index (χ3v) is 4.97. The second-order valence-electron chi connectivity index (χ2n) is 5.72. The van der Waals surface area contributed by atoms with Crippen molar-refractivity contribution in [3.63, 3.8) is 0 Å². The molecule has 0 aliphatic heterocycles. The minimum atomic E-state index is -0.703. The summed E-state index contributed by atoms with van der Waals surface area (Å²) in [6.07, 6.45) is 0.956. The molecule has 130 valence electrons. The molecule has 3 N–H and O–H groups in total. The molecule has 2 aromatic rings. The summed E-state index contributed by atoms with van der Waals surface area (Å²) in [6.45, 7) is 6.83. The van der Waals surface area contributed by atoms with Gasteiger partial charge in [-0.3, -0.25) is 0 Å². The molecule has 0 aliphatic carbocycles. The van der Waals surface area contributed by atoms with E-state index in [-0.39, 0.29) is 12.6 Å². The van der Waals surface area contributed by atoms with E-state index in [2.05, 4.69) is 29.5 Å². The number of hydrogen-bond acceptors (Lipinski definition) is 4. The van der Waals surface area contributed by atoms with Crippen LogP contribution in [0.15, 0.2) is 24.3 Å². The van der Waals surface area contributed by atoms with Gasteiger partial charge in [0, 0.05) is 24.4 Å². The number of urea groups is 1. The fourth-order valence-electron chi connectivity index (χ4n) is 2.53. The molecular weight excluding hydrogens is 322 g/mol. The number of carbonyl (C=O) groups is 1. The largest absolute Gasteiger partial charge is 0.387 e. The van der Waals surface area contributed by atoms with Gasteiger partial charge in [-0.15, -0.1) is 11.3 Å². The Balaban J connectivity index is 1.72. The van der Waals surface area contributed by atoms with Gasteiger partial charge in [0.2, 0.25) is 0 Å². The zero-order chi connectivity index (χ0) is 17.5. The smallest absolute Gasteiger partial charge is 0.314 e. The van der Waals surface area contributed by atoms with E-state index < -0.39 is 6.10 Å². The van der Waals surface area contributed by atoms with Gasteiger partial charge in [0.25, 0.3) is 0 Å². The number of aliphatic hydroxyl groups is 1. The van der Waals surface area contributed by atoms with Crippen LogP contribution >= 0.6 is 11.3 Å². The number of nitrogens with zero attached hydrogens (tertiary/aromatic N) is 1. The number of thiazole rings is 1. The molecule has 6 heteroatoms. The number of benzene rings is 1. The topological polar surface area (TPSA) is 74.2 Å². The molecule has 0 saturated heterocycles. The zero-order valence-corrected chi connectivity index (χ0v) is 15.2. The van der Waals surface area contributed by atoms with Crippen molar-refractivity contribution in [2.75, 3.05) is 13.1 Å². The quantitative estimate of drug-likeness (QED) is 0.721. The van der Waals surface area contributed by atoms with Gasteiger partial charge in [-0.25, -0.2) is 9.78 Å². The lowest BCUT2D eigenvalue weighted by Crippen LogP contribution is -2.38. The Morgan fingerprint density at radius 2 is 2.04 bits per heavy atom. The summed E-state index contributed by atoms with van der Waals surface area (Å²) in [5.74, 6) is 0. The number of amides is 2. The molecule has 0 bridgehead atoms. The molecule has 24 heavy (non-hydrogen) atoms. The van der Waals surface area contributed by atoms with Crippen molar-refractivity contribution in [3.05, 3.63) is 51.0 Å². The molecule has 2 rings (SSSR count). The Hall–Kier alpha value is -1.92. The van der Waals surface area contributed by atoms with Crippen molar-refractivity contribution in [2.45, 2.75) is 39.7 Å². The lowest BCUT2D eigenvalue weighted by molar-refractivity contribution is 0.172. The summed E-state index contributed by atoms with van der Waals surface area (Å²) >= 11 is 1.68. The van der Waals surface area contributed by atoms with E-state index in [9.17, 15) is 9.90 Å². The maximum Gasteiger partial charge on any atom is 0.314 e. The summed E-state index contributed by atoms with van der Waals surface area (Å²) in [5.41, 5.74) is 2.99. The van der Waals surface area contributed by atoms with Crippen LogP contribution in [0.1, 0.15) is 39.7 Å². The molecular formula is C18H25N3O2S. The maximum atomic E-state index is 11.8. The first-order chi connectivity index (χ1) is 11.5. The van der Waals surface area contributed by atoms with Crippen LogP contribution in [-0.2, 0) is 12.8 Å². The van der Waals surface area contributed by atoms with Crippen molar-refractivity contribution in [2.24, 2.45) is 0 Å². The normalized spacial score (nSPS) is 12.0. The van der Waals surface area contributed by atoms with E-state index in [1.54, 1.807) is 11.3 Å². The summed E-state index contributed by atoms with van der Waals surface area (Å²) in [7, 11) is 0. The standard InChI is InChI=1S/C18H25N3O2S/c1-4-15-13(3)24-17(21-15)9-10-19-18(23)20-11-16(22)14-8-6-5-7-12(14)2/h5-8,16,22H,4,9-11H2,1-3H3,(H2,19,20,23). The average molecular weight is 347 g/mol. The van der Waals surface area contributed by atoms with E-state index >= 15 is 0 Å². The van der Waals surface area contributed by atoms with Crippen LogP contribution in [-0.4, -0.2) is 29.2 Å². The lowest BCUT2D eigenvalue weighted by atomic mass is 10.0. The molecule has 0 aliphatic rings. The van der Waals surface area contributed by atoms with Crippen LogP contribution in [0.2, 0.25) is 0 Å². The van der Waals surface area contributed by atoms with Gasteiger partial charge in [0.05, 0.1) is 16.8 Å². The lowest BCUT2D eigenvalue weighted by Gasteiger charge is -2.14. The highest BCUT2D eigenvalue weighted by atomic mass is 32.1. The zero-order valence-electron chi connectivity index (χ0n) is 14.4. The second-order valence-corrected chi connectivity index (χ2v) is 7.01. The molecule has 1 atom stereocenters. The first-order valence-electron chi connectivity index (χ1n) is 8.21. The fourth-order valence-corrected chi connectivity index (χ4v) is 3.55. The highest BCUT2D eigenvalue weighted by Gasteiger charge is 2.11. The van der Waals surface area contributed by atoms with Crippen LogP contribution in [0.25, 0.3) is 0 Å². The van der Waals surface area contributed by atoms with Gasteiger partial charge in [0.1, 0.15) is 0 Å². The van der Waals surface area contributed by atoms with E-state index in [0.29, 0.717) is 6.54 Å². The minimum absolute atomic E-state index is 0.188. The minimum Gasteiger partial charge on any atom is -0.387 e. The molecule has 5 nitrogen and oxygen atoms in total. The third kappa shape index (κ3) is 5.04. The fraction of sp³-hybridized carbons (Fsp3) is 0.444. The van der Waals surface area contributed by atoms with Crippen LogP contribution in [0.5, 0.6) is 0 Å². The molecule has 0 spiro atoms. The van der Waals surface area contributed by atoms with Gasteiger partial charge in [-0.05, 0) is 31.4 Å². The number of aromatic nitrogens is 1. The Bertz CT molecular complexity index is 685. The first kappa shape index (κ1) is 18.4. The number of carbonyl (C=O) groups excluding carboxylic acids is 1. The van der Waals surface area contributed by atoms with Gasteiger partial charge >= 0.3 is 6.03 Å². The predicted octanol–water partition coefficient (Wildman–Crippen LogP) is 2.90. The van der Waals surface area contributed by atoms with E-state index in [0.717, 1.165) is 34.7 Å². The molecule has 0 radical (unpaired) electrons. The van der Waals surface area contributed by atoms with Crippen molar-refractivity contribution in [1.82, 2.24) is 15.6 Å². The third-order valence-electron chi connectivity index (χ3n) is 3.90. The van der Waals surface area contributed by atoms with E-state index in [1.165, 1.54) is 4.88 Å². The second kappa shape index (κ2) is 8.80. The number of aryl methyl sites for hydroxylation is 3. The average Bonchev–Trinajstić information content (AvgIpc) is 2.93. The Labute approximate surface area is 147 Å². The number of hydrogen-bond donors (Lipinski definition) is 3. The molecule has 1 unspecified atom stereocenters. The van der Waals surface area contributed by atoms with E-state index in [1.807, 2.05) is 31.2 Å². The van der Waals surface area contributed by atoms with Crippen molar-refractivity contribution >= 4 is 17.4 Å². The monoisotopic (exact) mass is 347 g/mol. The Morgan fingerprint density at radius 3 is 2.71 bits per heavy atom. The van der Waals surface area contributed by atoms with Crippen molar-refractivity contribution in [3.8, 4) is 0 Å². The summed E-state index contributed by atoms with van der Waals surface area (Å²) < 4.78 is 0. The van der Waals surface area contributed by atoms with Crippen LogP contribution < -0.4 is 10.6 Å². The Kier molecular flexibility index (Phi) is 6.75.